The molecular weight excluding hydrogens is 268 g/mol. The predicted molar refractivity (Wildman–Crippen MR) is 80.0 cm³/mol. The first-order valence-electron chi connectivity index (χ1n) is 7.03. The Morgan fingerprint density at radius 1 is 1.19 bits per heavy atom. The highest BCUT2D eigenvalue weighted by molar-refractivity contribution is 6.03. The van der Waals surface area contributed by atoms with Crippen LogP contribution in [-0.4, -0.2) is 24.6 Å². The first kappa shape index (κ1) is 16.8. The fourth-order valence-corrected chi connectivity index (χ4v) is 1.69. The van der Waals surface area contributed by atoms with Gasteiger partial charge in [-0.15, -0.1) is 6.42 Å². The van der Waals surface area contributed by atoms with Gasteiger partial charge in [-0.2, -0.15) is 0 Å². The summed E-state index contributed by atoms with van der Waals surface area (Å²) in [4.78, 5) is 24.0. The Labute approximate surface area is 125 Å². The van der Waals surface area contributed by atoms with Crippen LogP contribution in [-0.2, 0) is 9.47 Å². The zero-order valence-electron chi connectivity index (χ0n) is 12.4. The minimum atomic E-state index is -0.647. The van der Waals surface area contributed by atoms with Gasteiger partial charge in [0.05, 0.1) is 17.7 Å². The summed E-state index contributed by atoms with van der Waals surface area (Å²) in [7, 11) is 0. The molecule has 1 atom stereocenters. The Bertz CT molecular complexity index is 528. The van der Waals surface area contributed by atoms with Gasteiger partial charge >= 0.3 is 11.9 Å². The second kappa shape index (κ2) is 8.80. The number of hydrogen-bond acceptors (Lipinski definition) is 4. The van der Waals surface area contributed by atoms with Crippen LogP contribution in [0, 0.1) is 12.3 Å². The summed E-state index contributed by atoms with van der Waals surface area (Å²) >= 11 is 0. The molecule has 4 nitrogen and oxygen atoms in total. The molecule has 0 aliphatic heterocycles. The van der Waals surface area contributed by atoms with E-state index in [-0.39, 0.29) is 11.1 Å². The summed E-state index contributed by atoms with van der Waals surface area (Å²) in [6.45, 7) is 4.00. The summed E-state index contributed by atoms with van der Waals surface area (Å²) in [5, 5.41) is 0. The number of terminal acetylenes is 1. The molecule has 4 heteroatoms. The van der Waals surface area contributed by atoms with Crippen LogP contribution in [0.5, 0.6) is 0 Å². The van der Waals surface area contributed by atoms with E-state index < -0.39 is 18.0 Å². The maximum Gasteiger partial charge on any atom is 0.340 e. The summed E-state index contributed by atoms with van der Waals surface area (Å²) in [5.74, 6) is 1.16. The van der Waals surface area contributed by atoms with E-state index in [2.05, 4.69) is 12.8 Å². The lowest BCUT2D eigenvalue weighted by Crippen LogP contribution is -2.17. The Morgan fingerprint density at radius 3 is 2.38 bits per heavy atom. The molecule has 112 valence electrons. The first-order chi connectivity index (χ1) is 10.1. The minimum Gasteiger partial charge on any atom is -0.462 e. The zero-order chi connectivity index (χ0) is 15.7. The van der Waals surface area contributed by atoms with Gasteiger partial charge in [-0.05, 0) is 25.5 Å². The van der Waals surface area contributed by atoms with Gasteiger partial charge in [-0.1, -0.05) is 37.8 Å². The fourth-order valence-electron chi connectivity index (χ4n) is 1.69. The van der Waals surface area contributed by atoms with Crippen molar-refractivity contribution in [3.05, 3.63) is 35.4 Å². The van der Waals surface area contributed by atoms with Crippen molar-refractivity contribution >= 4 is 11.9 Å². The highest BCUT2D eigenvalue weighted by atomic mass is 16.5. The molecule has 0 aromatic heterocycles. The number of rotatable bonds is 7. The monoisotopic (exact) mass is 288 g/mol. The normalized spacial score (nSPS) is 11.3. The van der Waals surface area contributed by atoms with Gasteiger partial charge in [-0.25, -0.2) is 9.59 Å². The molecule has 0 N–H and O–H groups in total. The maximum atomic E-state index is 12.0. The lowest BCUT2D eigenvalue weighted by atomic mass is 10.1. The van der Waals surface area contributed by atoms with Crippen molar-refractivity contribution in [1.29, 1.82) is 0 Å². The maximum absolute atomic E-state index is 12.0. The second-order valence-electron chi connectivity index (χ2n) is 4.60. The molecule has 1 unspecified atom stereocenters. The van der Waals surface area contributed by atoms with Crippen LogP contribution < -0.4 is 0 Å². The number of hydrogen-bond donors (Lipinski definition) is 0. The van der Waals surface area contributed by atoms with E-state index in [1.165, 1.54) is 6.07 Å². The third kappa shape index (κ3) is 5.31. The van der Waals surface area contributed by atoms with Crippen molar-refractivity contribution in [3.63, 3.8) is 0 Å². The number of unbranched alkanes of at least 4 members (excludes halogenated alkanes) is 2. The topological polar surface area (TPSA) is 52.6 Å². The number of benzene rings is 1. The van der Waals surface area contributed by atoms with Crippen molar-refractivity contribution in [3.8, 4) is 12.3 Å². The molecule has 0 bridgehead atoms. The number of esters is 2. The Kier molecular flexibility index (Phi) is 7.03. The lowest BCUT2D eigenvalue weighted by Gasteiger charge is -2.11. The average molecular weight is 288 g/mol. The van der Waals surface area contributed by atoms with Crippen molar-refractivity contribution in [2.45, 2.75) is 39.2 Å². The van der Waals surface area contributed by atoms with E-state index in [1.807, 2.05) is 0 Å². The van der Waals surface area contributed by atoms with E-state index in [0.717, 1.165) is 19.3 Å². The summed E-state index contributed by atoms with van der Waals surface area (Å²) in [6.07, 6.45) is 7.38. The van der Waals surface area contributed by atoms with E-state index in [4.69, 9.17) is 15.9 Å². The van der Waals surface area contributed by atoms with Gasteiger partial charge in [0.1, 0.15) is 0 Å². The molecule has 1 rings (SSSR count). The van der Waals surface area contributed by atoms with Gasteiger partial charge in [0, 0.05) is 0 Å². The molecule has 21 heavy (non-hydrogen) atoms. The number of carbonyl (C=O) groups is 2. The van der Waals surface area contributed by atoms with Crippen LogP contribution >= 0.6 is 0 Å². The van der Waals surface area contributed by atoms with E-state index in [1.54, 1.807) is 25.1 Å². The molecule has 1 aromatic rings. The Hall–Kier alpha value is -2.28. The molecule has 0 amide bonds. The Morgan fingerprint density at radius 2 is 1.81 bits per heavy atom. The van der Waals surface area contributed by atoms with Crippen LogP contribution in [0.2, 0.25) is 0 Å². The molecule has 0 aliphatic rings. The molecular formula is C17H20O4. The third-order valence-electron chi connectivity index (χ3n) is 2.87. The summed E-state index contributed by atoms with van der Waals surface area (Å²) in [5.41, 5.74) is 0.364. The average Bonchev–Trinajstić information content (AvgIpc) is 2.51. The molecule has 0 saturated carbocycles. The minimum absolute atomic E-state index is 0.167. The molecule has 0 spiro atoms. The fraction of sp³-hybridized carbons (Fsp3) is 0.412. The second-order valence-corrected chi connectivity index (χ2v) is 4.60. The molecule has 1 aromatic carbocycles. The van der Waals surface area contributed by atoms with Gasteiger partial charge in [0.25, 0.3) is 0 Å². The molecule has 0 radical (unpaired) electrons. The third-order valence-corrected chi connectivity index (χ3v) is 2.87. The molecule has 0 fully saturated rings. The van der Waals surface area contributed by atoms with Gasteiger partial charge in [0.15, 0.2) is 6.10 Å². The first-order valence-corrected chi connectivity index (χ1v) is 7.03. The largest absolute Gasteiger partial charge is 0.462 e. The van der Waals surface area contributed by atoms with E-state index >= 15 is 0 Å². The molecule has 0 heterocycles. The summed E-state index contributed by atoms with van der Waals surface area (Å²) < 4.78 is 10.2. The van der Waals surface area contributed by atoms with E-state index in [0.29, 0.717) is 6.61 Å². The molecule has 0 aliphatic carbocycles. The zero-order valence-corrected chi connectivity index (χ0v) is 12.4. The SMILES string of the molecule is C#CC(C)OC(=O)c1ccccc1C(=O)OCCCCC. The highest BCUT2D eigenvalue weighted by Crippen LogP contribution is 2.13. The highest BCUT2D eigenvalue weighted by Gasteiger charge is 2.19. The van der Waals surface area contributed by atoms with Crippen LogP contribution in [0.4, 0.5) is 0 Å². The van der Waals surface area contributed by atoms with Crippen molar-refractivity contribution in [2.24, 2.45) is 0 Å². The van der Waals surface area contributed by atoms with Gasteiger partial charge < -0.3 is 9.47 Å². The lowest BCUT2D eigenvalue weighted by molar-refractivity contribution is 0.0412. The Balaban J connectivity index is 2.77. The van der Waals surface area contributed by atoms with Crippen molar-refractivity contribution < 1.29 is 19.1 Å². The van der Waals surface area contributed by atoms with Crippen LogP contribution in [0.25, 0.3) is 0 Å². The standard InChI is InChI=1S/C17H20O4/c1-4-6-9-12-20-16(18)14-10-7-8-11-15(14)17(19)21-13(3)5-2/h2,7-8,10-11,13H,4,6,9,12H2,1,3H3. The van der Waals surface area contributed by atoms with Crippen molar-refractivity contribution in [2.75, 3.05) is 6.61 Å². The van der Waals surface area contributed by atoms with Gasteiger partial charge in [0.2, 0.25) is 0 Å². The van der Waals surface area contributed by atoms with Gasteiger partial charge in [-0.3, -0.25) is 0 Å². The molecule has 0 saturated heterocycles. The quantitative estimate of drug-likeness (QED) is 0.439. The predicted octanol–water partition coefficient (Wildman–Crippen LogP) is 3.21. The number of carbonyl (C=O) groups excluding carboxylic acids is 2. The van der Waals surface area contributed by atoms with Crippen LogP contribution in [0.3, 0.4) is 0 Å². The van der Waals surface area contributed by atoms with Crippen LogP contribution in [0.1, 0.15) is 53.8 Å². The van der Waals surface area contributed by atoms with Crippen molar-refractivity contribution in [1.82, 2.24) is 0 Å². The smallest absolute Gasteiger partial charge is 0.340 e. The van der Waals surface area contributed by atoms with Crippen LogP contribution in [0.15, 0.2) is 24.3 Å². The van der Waals surface area contributed by atoms with E-state index in [9.17, 15) is 9.59 Å². The summed E-state index contributed by atoms with van der Waals surface area (Å²) in [6, 6.07) is 6.39. The number of ether oxygens (including phenoxy) is 2.